The smallest absolute Gasteiger partial charge is 0.103 e. The molecule has 1 N–H and O–H groups in total. The summed E-state index contributed by atoms with van der Waals surface area (Å²) in [6, 6.07) is 14.0. The summed E-state index contributed by atoms with van der Waals surface area (Å²) in [6.07, 6.45) is 6.10. The Bertz CT molecular complexity index is 791. The van der Waals surface area contributed by atoms with Crippen LogP contribution in [0.2, 0.25) is 0 Å². The number of nitrogens with one attached hydrogen (secondary N) is 1. The van der Waals surface area contributed by atoms with E-state index in [1.807, 2.05) is 42.6 Å². The molecule has 0 saturated carbocycles. The van der Waals surface area contributed by atoms with E-state index in [4.69, 9.17) is 0 Å². The molecule has 0 unspecified atom stereocenters. The van der Waals surface area contributed by atoms with Crippen LogP contribution in [0, 0.1) is 11.3 Å². The lowest BCUT2D eigenvalue weighted by atomic mass is 10.1. The van der Waals surface area contributed by atoms with Crippen molar-refractivity contribution in [1.82, 2.24) is 9.97 Å². The van der Waals surface area contributed by atoms with Crippen LogP contribution in [0.15, 0.2) is 55.0 Å². The summed E-state index contributed by atoms with van der Waals surface area (Å²) in [6.45, 7) is 0.744. The summed E-state index contributed by atoms with van der Waals surface area (Å²) in [4.78, 5) is 8.41. The zero-order valence-corrected chi connectivity index (χ0v) is 11.5. The van der Waals surface area contributed by atoms with Gasteiger partial charge in [0, 0.05) is 30.5 Å². The molecule has 3 aromatic rings. The first kappa shape index (κ1) is 13.1. The normalized spacial score (nSPS) is 10.2. The molecule has 2 aromatic heterocycles. The van der Waals surface area contributed by atoms with Crippen molar-refractivity contribution in [3.63, 3.8) is 0 Å². The Balaban J connectivity index is 1.84. The van der Waals surface area contributed by atoms with Crippen molar-refractivity contribution in [2.75, 3.05) is 11.9 Å². The summed E-state index contributed by atoms with van der Waals surface area (Å²) in [5.41, 5.74) is 3.48. The van der Waals surface area contributed by atoms with Crippen LogP contribution in [0.1, 0.15) is 11.1 Å². The Kier molecular flexibility index (Phi) is 3.74. The van der Waals surface area contributed by atoms with Gasteiger partial charge in [-0.05, 0) is 24.1 Å². The number of anilines is 1. The van der Waals surface area contributed by atoms with E-state index in [-0.39, 0.29) is 0 Å². The van der Waals surface area contributed by atoms with Gasteiger partial charge in [-0.15, -0.1) is 0 Å². The molecule has 0 spiro atoms. The van der Waals surface area contributed by atoms with Crippen LogP contribution in [-0.2, 0) is 6.42 Å². The van der Waals surface area contributed by atoms with Gasteiger partial charge in [0.15, 0.2) is 0 Å². The molecule has 21 heavy (non-hydrogen) atoms. The summed E-state index contributed by atoms with van der Waals surface area (Å²) in [7, 11) is 0. The van der Waals surface area contributed by atoms with Gasteiger partial charge in [-0.3, -0.25) is 9.97 Å². The maximum atomic E-state index is 9.25. The van der Waals surface area contributed by atoms with Gasteiger partial charge < -0.3 is 5.32 Å². The molecular formula is C17H14N4. The number of pyridine rings is 2. The van der Waals surface area contributed by atoms with Crippen molar-refractivity contribution in [2.45, 2.75) is 6.42 Å². The van der Waals surface area contributed by atoms with Crippen molar-refractivity contribution in [3.8, 4) is 6.07 Å². The first-order valence-corrected chi connectivity index (χ1v) is 6.79. The second-order valence-corrected chi connectivity index (χ2v) is 4.71. The average molecular weight is 274 g/mol. The molecule has 0 fully saturated rings. The minimum atomic E-state index is 0.569. The van der Waals surface area contributed by atoms with Crippen LogP contribution in [0.3, 0.4) is 0 Å². The number of benzene rings is 1. The van der Waals surface area contributed by atoms with Gasteiger partial charge in [-0.1, -0.05) is 24.3 Å². The van der Waals surface area contributed by atoms with Crippen molar-refractivity contribution < 1.29 is 0 Å². The molecule has 2 heterocycles. The predicted octanol–water partition coefficient (Wildman–Crippen LogP) is 3.16. The minimum absolute atomic E-state index is 0.569. The molecule has 0 radical (unpaired) electrons. The number of nitrogens with zero attached hydrogens (tertiary/aromatic N) is 3. The van der Waals surface area contributed by atoms with Crippen molar-refractivity contribution >= 4 is 16.6 Å². The van der Waals surface area contributed by atoms with Crippen molar-refractivity contribution in [1.29, 1.82) is 5.26 Å². The van der Waals surface area contributed by atoms with Crippen LogP contribution in [0.4, 0.5) is 5.69 Å². The van der Waals surface area contributed by atoms with Crippen LogP contribution < -0.4 is 5.32 Å². The highest BCUT2D eigenvalue weighted by atomic mass is 14.9. The molecule has 0 aliphatic heterocycles. The van der Waals surface area contributed by atoms with Gasteiger partial charge in [0.05, 0.1) is 16.8 Å². The minimum Gasteiger partial charge on any atom is -0.383 e. The van der Waals surface area contributed by atoms with E-state index in [0.717, 1.165) is 29.6 Å². The van der Waals surface area contributed by atoms with E-state index in [9.17, 15) is 5.26 Å². The van der Waals surface area contributed by atoms with Gasteiger partial charge in [0.25, 0.3) is 0 Å². The van der Waals surface area contributed by atoms with Crippen molar-refractivity contribution in [2.24, 2.45) is 0 Å². The third-order valence-corrected chi connectivity index (χ3v) is 3.33. The highest BCUT2D eigenvalue weighted by Crippen LogP contribution is 2.25. The first-order chi connectivity index (χ1) is 10.4. The number of nitriles is 1. The number of hydrogen-bond acceptors (Lipinski definition) is 4. The molecule has 0 aliphatic rings. The number of aromatic nitrogens is 2. The Morgan fingerprint density at radius 3 is 2.81 bits per heavy atom. The molecular weight excluding hydrogens is 260 g/mol. The molecule has 4 nitrogen and oxygen atoms in total. The Morgan fingerprint density at radius 2 is 2.00 bits per heavy atom. The lowest BCUT2D eigenvalue weighted by Gasteiger charge is -2.11. The first-order valence-electron chi connectivity index (χ1n) is 6.79. The number of para-hydroxylation sites is 1. The zero-order chi connectivity index (χ0) is 14.5. The van der Waals surface area contributed by atoms with E-state index >= 15 is 0 Å². The lowest BCUT2D eigenvalue weighted by Crippen LogP contribution is -2.07. The maximum absolute atomic E-state index is 9.25. The second kappa shape index (κ2) is 6.02. The number of fused-ring (bicyclic) bond motifs is 1. The van der Waals surface area contributed by atoms with Crippen LogP contribution >= 0.6 is 0 Å². The van der Waals surface area contributed by atoms with Crippen molar-refractivity contribution in [3.05, 3.63) is 66.1 Å². The molecule has 102 valence electrons. The van der Waals surface area contributed by atoms with E-state index < -0.39 is 0 Å². The van der Waals surface area contributed by atoms with E-state index in [1.165, 1.54) is 5.56 Å². The van der Waals surface area contributed by atoms with Gasteiger partial charge in [0.1, 0.15) is 6.07 Å². The lowest BCUT2D eigenvalue weighted by molar-refractivity contribution is 1.01. The number of rotatable bonds is 4. The van der Waals surface area contributed by atoms with Crippen LogP contribution in [0.25, 0.3) is 10.9 Å². The Morgan fingerprint density at radius 1 is 1.10 bits per heavy atom. The fourth-order valence-electron chi connectivity index (χ4n) is 2.29. The molecule has 0 amide bonds. The quantitative estimate of drug-likeness (QED) is 0.793. The molecule has 0 saturated heterocycles. The second-order valence-electron chi connectivity index (χ2n) is 4.71. The van der Waals surface area contributed by atoms with E-state index in [2.05, 4.69) is 21.4 Å². The zero-order valence-electron chi connectivity index (χ0n) is 11.5. The molecule has 1 aromatic carbocycles. The fraction of sp³-hybridized carbons (Fsp3) is 0.118. The number of hydrogen-bond donors (Lipinski definition) is 1. The Labute approximate surface area is 123 Å². The van der Waals surface area contributed by atoms with Gasteiger partial charge in [0.2, 0.25) is 0 Å². The molecule has 3 rings (SSSR count). The summed E-state index contributed by atoms with van der Waals surface area (Å²) >= 11 is 0. The highest BCUT2D eigenvalue weighted by molar-refractivity contribution is 5.93. The summed E-state index contributed by atoms with van der Waals surface area (Å²) < 4.78 is 0. The van der Waals surface area contributed by atoms with Crippen LogP contribution in [-0.4, -0.2) is 16.5 Å². The topological polar surface area (TPSA) is 61.6 Å². The maximum Gasteiger partial charge on any atom is 0.103 e. The predicted molar refractivity (Wildman–Crippen MR) is 82.9 cm³/mol. The fourth-order valence-corrected chi connectivity index (χ4v) is 2.29. The standard InChI is InChI=1S/C17H14N4/c18-10-14-12-21-16-6-2-1-5-15(16)17(14)20-9-7-13-4-3-8-19-11-13/h1-6,8,11-12H,7,9H2,(H,20,21). The monoisotopic (exact) mass is 274 g/mol. The summed E-state index contributed by atoms with van der Waals surface area (Å²) in [5.74, 6) is 0. The van der Waals surface area contributed by atoms with E-state index in [1.54, 1.807) is 12.4 Å². The SMILES string of the molecule is N#Cc1cnc2ccccc2c1NCCc1cccnc1. The third-order valence-electron chi connectivity index (χ3n) is 3.33. The van der Waals surface area contributed by atoms with Gasteiger partial charge >= 0.3 is 0 Å². The third kappa shape index (κ3) is 2.82. The average Bonchev–Trinajstić information content (AvgIpc) is 2.56. The largest absolute Gasteiger partial charge is 0.383 e. The van der Waals surface area contributed by atoms with Crippen LogP contribution in [0.5, 0.6) is 0 Å². The van der Waals surface area contributed by atoms with Gasteiger partial charge in [-0.25, -0.2) is 0 Å². The molecule has 0 aliphatic carbocycles. The molecule has 4 heteroatoms. The highest BCUT2D eigenvalue weighted by Gasteiger charge is 2.07. The van der Waals surface area contributed by atoms with Gasteiger partial charge in [-0.2, -0.15) is 5.26 Å². The molecule has 0 bridgehead atoms. The van der Waals surface area contributed by atoms with E-state index in [0.29, 0.717) is 5.56 Å². The summed E-state index contributed by atoms with van der Waals surface area (Å²) in [5, 5.41) is 13.6. The Hall–Kier alpha value is -2.93. The molecule has 0 atom stereocenters.